The lowest BCUT2D eigenvalue weighted by atomic mass is 9.95. The molecule has 16 heteroatoms. The number of fused-ring (bicyclic) bond motifs is 1. The van der Waals surface area contributed by atoms with Gasteiger partial charge in [0, 0.05) is 24.2 Å². The Labute approximate surface area is 343 Å². The second-order valence-electron chi connectivity index (χ2n) is 16.5. The molecule has 0 saturated carbocycles. The average Bonchev–Trinajstić information content (AvgIpc) is 4.08. The highest BCUT2D eigenvalue weighted by Gasteiger charge is 2.47. The fourth-order valence-electron chi connectivity index (χ4n) is 8.60. The summed E-state index contributed by atoms with van der Waals surface area (Å²) in [5.41, 5.74) is 3.63. The number of imidazole rings is 2. The minimum atomic E-state index is -0.743. The summed E-state index contributed by atoms with van der Waals surface area (Å²) in [5, 5.41) is 5.42. The molecule has 4 N–H and O–H groups in total. The molecule has 4 amide bonds. The SMILES string of the molecule is COC(=O)N[C@H](C(=O)N1CCC[C@@]1(C)c1ncc(-c2ccc(-c3ccc(-c4cnc([C@]5(C)CCCN5C(=O)[C@@H](NC(=O)OC)C(C)C)[nH]4)c4c3OCO4)cc2)[nH]1)C(C)C. The van der Waals surface area contributed by atoms with Gasteiger partial charge in [0.15, 0.2) is 11.5 Å². The van der Waals surface area contributed by atoms with E-state index in [9.17, 15) is 19.2 Å². The Hall–Kier alpha value is -6.06. The zero-order valence-electron chi connectivity index (χ0n) is 34.9. The summed E-state index contributed by atoms with van der Waals surface area (Å²) in [6, 6.07) is 10.6. The van der Waals surface area contributed by atoms with Gasteiger partial charge in [0.25, 0.3) is 0 Å². The number of benzene rings is 2. The zero-order chi connectivity index (χ0) is 42.2. The summed E-state index contributed by atoms with van der Waals surface area (Å²) < 4.78 is 21.7. The van der Waals surface area contributed by atoms with E-state index in [1.54, 1.807) is 17.3 Å². The van der Waals surface area contributed by atoms with E-state index >= 15 is 0 Å². The number of likely N-dealkylation sites (tertiary alicyclic amines) is 2. The Morgan fingerprint density at radius 3 is 1.61 bits per heavy atom. The predicted octanol–water partition coefficient (Wildman–Crippen LogP) is 6.30. The molecular formula is C43H54N8O8. The third-order valence-corrected chi connectivity index (χ3v) is 12.1. The molecule has 0 spiro atoms. The maximum Gasteiger partial charge on any atom is 0.407 e. The second-order valence-corrected chi connectivity index (χ2v) is 16.5. The number of aromatic amines is 2. The normalized spacial score (nSPS) is 20.8. The van der Waals surface area contributed by atoms with E-state index in [1.807, 2.05) is 82.8 Å². The first-order chi connectivity index (χ1) is 28.2. The average molecular weight is 811 g/mol. The maximum absolute atomic E-state index is 13.9. The molecule has 59 heavy (non-hydrogen) atoms. The standard InChI is InChI=1S/C43H54N8O8/c1-24(2)32(48-40(54)56-7)36(52)50-19-9-17-42(50,5)38-44-21-30(46-38)27-13-11-26(12-14-27)28-15-16-29(35-34(28)58-23-59-35)31-22-45-39(47-31)43(6)18-10-20-51(43)37(53)33(25(3)4)49-41(55)57-8/h11-16,21-22,24-25,32-33H,9-10,17-20,23H2,1-8H3,(H,44,46)(H,45,47)(H,48,54)(H,49,55)/t32-,33-,42-,43-/m0/s1. The quantitative estimate of drug-likeness (QED) is 0.134. The van der Waals surface area contributed by atoms with Crippen LogP contribution in [0, 0.1) is 11.8 Å². The number of carbonyl (C=O) groups excluding carboxylic acids is 4. The highest BCUT2D eigenvalue weighted by atomic mass is 16.7. The van der Waals surface area contributed by atoms with Gasteiger partial charge < -0.3 is 49.3 Å². The van der Waals surface area contributed by atoms with Gasteiger partial charge in [-0.05, 0) is 74.6 Å². The fourth-order valence-corrected chi connectivity index (χ4v) is 8.60. The number of ether oxygens (including phenoxy) is 4. The van der Waals surface area contributed by atoms with Gasteiger partial charge in [-0.2, -0.15) is 0 Å². The number of aromatic nitrogens is 4. The van der Waals surface area contributed by atoms with Gasteiger partial charge in [0.2, 0.25) is 18.6 Å². The summed E-state index contributed by atoms with van der Waals surface area (Å²) in [6.45, 7) is 12.7. The van der Waals surface area contributed by atoms with Crippen molar-refractivity contribution in [2.75, 3.05) is 34.1 Å². The Morgan fingerprint density at radius 2 is 1.12 bits per heavy atom. The molecule has 0 bridgehead atoms. The van der Waals surface area contributed by atoms with Crippen LogP contribution in [0.1, 0.15) is 78.9 Å². The molecule has 2 aromatic carbocycles. The molecule has 16 nitrogen and oxygen atoms in total. The van der Waals surface area contributed by atoms with Crippen molar-refractivity contribution in [1.29, 1.82) is 0 Å². The number of nitrogens with one attached hydrogen (secondary N) is 4. The molecule has 0 aliphatic carbocycles. The van der Waals surface area contributed by atoms with Gasteiger partial charge in [0.1, 0.15) is 23.7 Å². The van der Waals surface area contributed by atoms with E-state index in [-0.39, 0.29) is 30.4 Å². The van der Waals surface area contributed by atoms with Crippen LogP contribution in [-0.4, -0.2) is 99.9 Å². The number of carbonyl (C=O) groups is 4. The smallest absolute Gasteiger partial charge is 0.407 e. The third-order valence-electron chi connectivity index (χ3n) is 12.1. The topological polar surface area (TPSA) is 193 Å². The molecule has 2 aromatic heterocycles. The third kappa shape index (κ3) is 7.56. The maximum atomic E-state index is 13.9. The van der Waals surface area contributed by atoms with Crippen LogP contribution < -0.4 is 20.1 Å². The molecule has 314 valence electrons. The van der Waals surface area contributed by atoms with Crippen molar-refractivity contribution in [3.8, 4) is 45.1 Å². The van der Waals surface area contributed by atoms with Crippen molar-refractivity contribution in [3.63, 3.8) is 0 Å². The Bertz CT molecular complexity index is 2220. The molecule has 4 aromatic rings. The van der Waals surface area contributed by atoms with E-state index in [0.29, 0.717) is 42.7 Å². The number of nitrogens with zero attached hydrogens (tertiary/aromatic N) is 4. The van der Waals surface area contributed by atoms with Gasteiger partial charge >= 0.3 is 12.2 Å². The molecule has 5 heterocycles. The highest BCUT2D eigenvalue weighted by Crippen LogP contribution is 2.48. The van der Waals surface area contributed by atoms with Crippen LogP contribution in [0.15, 0.2) is 48.8 Å². The van der Waals surface area contributed by atoms with Crippen molar-refractivity contribution in [2.24, 2.45) is 11.8 Å². The molecule has 3 aliphatic heterocycles. The van der Waals surface area contributed by atoms with Crippen LogP contribution in [0.25, 0.3) is 33.6 Å². The zero-order valence-corrected chi connectivity index (χ0v) is 34.9. The molecule has 3 aliphatic rings. The van der Waals surface area contributed by atoms with Gasteiger partial charge in [-0.15, -0.1) is 0 Å². The monoisotopic (exact) mass is 810 g/mol. The number of hydrogen-bond donors (Lipinski definition) is 4. The lowest BCUT2D eigenvalue weighted by Crippen LogP contribution is -2.55. The number of alkyl carbamates (subject to hydrolysis) is 2. The van der Waals surface area contributed by atoms with E-state index in [1.165, 1.54) is 14.2 Å². The van der Waals surface area contributed by atoms with Crippen LogP contribution in [-0.2, 0) is 30.1 Å². The van der Waals surface area contributed by atoms with Crippen LogP contribution >= 0.6 is 0 Å². The summed E-state index contributed by atoms with van der Waals surface area (Å²) in [5.74, 6) is 1.90. The molecule has 4 atom stereocenters. The molecule has 7 rings (SSSR count). The van der Waals surface area contributed by atoms with Crippen LogP contribution in [0.3, 0.4) is 0 Å². The van der Waals surface area contributed by atoms with Crippen LogP contribution in [0.2, 0.25) is 0 Å². The van der Waals surface area contributed by atoms with E-state index in [2.05, 4.69) is 20.6 Å². The molecule has 0 radical (unpaired) electrons. The van der Waals surface area contributed by atoms with E-state index in [4.69, 9.17) is 28.9 Å². The lowest BCUT2D eigenvalue weighted by Gasteiger charge is -2.37. The van der Waals surface area contributed by atoms with Crippen LogP contribution in [0.5, 0.6) is 11.5 Å². The summed E-state index contributed by atoms with van der Waals surface area (Å²) in [6.07, 6.45) is 5.27. The second kappa shape index (κ2) is 16.3. The Morgan fingerprint density at radius 1 is 0.678 bits per heavy atom. The largest absolute Gasteiger partial charge is 0.453 e. The number of hydrogen-bond acceptors (Lipinski definition) is 10. The Balaban J connectivity index is 1.10. The number of amides is 4. The fraction of sp³-hybridized carbons (Fsp3) is 0.488. The Kier molecular flexibility index (Phi) is 11.4. The minimum absolute atomic E-state index is 0.0636. The summed E-state index contributed by atoms with van der Waals surface area (Å²) in [4.78, 5) is 71.9. The molecule has 2 saturated heterocycles. The van der Waals surface area contributed by atoms with Crippen molar-refractivity contribution in [2.45, 2.75) is 90.4 Å². The van der Waals surface area contributed by atoms with Gasteiger partial charge in [0.05, 0.1) is 49.1 Å². The van der Waals surface area contributed by atoms with Gasteiger partial charge in [-0.1, -0.05) is 52.0 Å². The van der Waals surface area contributed by atoms with Crippen molar-refractivity contribution in [3.05, 3.63) is 60.4 Å². The first-order valence-corrected chi connectivity index (χ1v) is 20.2. The lowest BCUT2D eigenvalue weighted by molar-refractivity contribution is -0.139. The van der Waals surface area contributed by atoms with Gasteiger partial charge in [-0.25, -0.2) is 19.6 Å². The number of rotatable bonds is 11. The van der Waals surface area contributed by atoms with E-state index < -0.39 is 35.3 Å². The summed E-state index contributed by atoms with van der Waals surface area (Å²) >= 11 is 0. The highest BCUT2D eigenvalue weighted by molar-refractivity contribution is 5.88. The summed E-state index contributed by atoms with van der Waals surface area (Å²) in [7, 11) is 2.57. The molecule has 2 fully saturated rings. The molecular weight excluding hydrogens is 757 g/mol. The van der Waals surface area contributed by atoms with Crippen LogP contribution in [0.4, 0.5) is 9.59 Å². The predicted molar refractivity (Wildman–Crippen MR) is 218 cm³/mol. The van der Waals surface area contributed by atoms with Crippen molar-refractivity contribution in [1.82, 2.24) is 40.4 Å². The van der Waals surface area contributed by atoms with Crippen molar-refractivity contribution < 1.29 is 38.1 Å². The molecule has 0 unspecified atom stereocenters. The first kappa shape index (κ1) is 41.1. The first-order valence-electron chi connectivity index (χ1n) is 20.2. The number of H-pyrrole nitrogens is 2. The van der Waals surface area contributed by atoms with Gasteiger partial charge in [-0.3, -0.25) is 9.59 Å². The minimum Gasteiger partial charge on any atom is -0.453 e. The van der Waals surface area contributed by atoms with E-state index in [0.717, 1.165) is 52.9 Å². The van der Waals surface area contributed by atoms with Crippen molar-refractivity contribution >= 4 is 24.0 Å². The number of methoxy groups -OCH3 is 2.